The molecule has 10 heteroatoms. The molecule has 10 nitrogen and oxygen atoms in total. The summed E-state index contributed by atoms with van der Waals surface area (Å²) in [7, 11) is 0. The molecule has 3 aliphatic heterocycles. The largest absolute Gasteiger partial charge is 0.403 e. The van der Waals surface area contributed by atoms with E-state index in [1.165, 1.54) is 0 Å². The topological polar surface area (TPSA) is 119 Å². The van der Waals surface area contributed by atoms with E-state index in [0.717, 1.165) is 33.8 Å². The third-order valence-electron chi connectivity index (χ3n) is 9.30. The molecule has 0 N–H and O–H groups in total. The first-order chi connectivity index (χ1) is 28.4. The summed E-state index contributed by atoms with van der Waals surface area (Å²) in [5, 5.41) is 0. The first-order valence-corrected chi connectivity index (χ1v) is 18.3. The predicted molar refractivity (Wildman–Crippen MR) is 222 cm³/mol. The quantitative estimate of drug-likeness (QED) is 0.107. The number of hydrogen-bond acceptors (Lipinski definition) is 10. The summed E-state index contributed by atoms with van der Waals surface area (Å²) in [4.78, 5) is 53.2. The summed E-state index contributed by atoms with van der Waals surface area (Å²) in [6, 6.07) is 50.9. The van der Waals surface area contributed by atoms with E-state index in [2.05, 4.69) is 19.9 Å². The van der Waals surface area contributed by atoms with Crippen molar-refractivity contribution in [3.05, 3.63) is 215 Å². The van der Waals surface area contributed by atoms with Gasteiger partial charge < -0.3 is 19.1 Å². The van der Waals surface area contributed by atoms with E-state index in [4.69, 9.17) is 14.2 Å². The molecule has 0 amide bonds. The van der Waals surface area contributed by atoms with E-state index in [-0.39, 0.29) is 34.8 Å². The highest BCUT2D eigenvalue weighted by Gasteiger charge is 2.27. The molecule has 0 saturated heterocycles. The van der Waals surface area contributed by atoms with Crippen LogP contribution in [0.3, 0.4) is 0 Å². The van der Waals surface area contributed by atoms with E-state index in [0.29, 0.717) is 16.7 Å². The van der Waals surface area contributed by atoms with Gasteiger partial charge in [0.05, 0.1) is 0 Å². The number of carbonyl (C=O) groups excluding carboxylic acids is 3. The van der Waals surface area contributed by atoms with Crippen molar-refractivity contribution < 1.29 is 28.6 Å². The molecule has 58 heavy (non-hydrogen) atoms. The Morgan fingerprint density at radius 2 is 0.603 bits per heavy atom. The summed E-state index contributed by atoms with van der Waals surface area (Å²) in [6.45, 7) is 0. The van der Waals surface area contributed by atoms with Crippen LogP contribution in [-0.2, 0) is 28.6 Å². The SMILES string of the molecule is O=C1O/C(=C/c2ccc(N(c3ccc(/C=C4\N=C(c5ccccc5)C(=O)O4)cc3)c3ccc(/C=C4\N=C(c5ccccc5)C(=O)O4)cc3)cc2)N=C1c1ccccc1. The van der Waals surface area contributed by atoms with E-state index in [9.17, 15) is 14.4 Å². The van der Waals surface area contributed by atoms with Gasteiger partial charge in [-0.2, -0.15) is 0 Å². The highest BCUT2D eigenvalue weighted by molar-refractivity contribution is 6.46. The third kappa shape index (κ3) is 7.53. The predicted octanol–water partition coefficient (Wildman–Crippen LogP) is 9.19. The molecule has 3 aliphatic rings. The van der Waals surface area contributed by atoms with Crippen molar-refractivity contribution >= 4 is 70.3 Å². The lowest BCUT2D eigenvalue weighted by Crippen LogP contribution is -2.11. The second-order valence-corrected chi connectivity index (χ2v) is 13.2. The lowest BCUT2D eigenvalue weighted by molar-refractivity contribution is -0.131. The minimum absolute atomic E-state index is 0.212. The number of cyclic esters (lactones) is 3. The number of benzene rings is 6. The van der Waals surface area contributed by atoms with Gasteiger partial charge in [0.1, 0.15) is 0 Å². The molecular weight excluding hydrogens is 729 g/mol. The van der Waals surface area contributed by atoms with Crippen molar-refractivity contribution in [2.45, 2.75) is 0 Å². The fourth-order valence-corrected chi connectivity index (χ4v) is 6.52. The Morgan fingerprint density at radius 3 is 0.862 bits per heavy atom. The van der Waals surface area contributed by atoms with Gasteiger partial charge in [0.25, 0.3) is 0 Å². The van der Waals surface area contributed by atoms with Crippen molar-refractivity contribution in [2.75, 3.05) is 4.90 Å². The lowest BCUT2D eigenvalue weighted by atomic mass is 10.1. The fourth-order valence-electron chi connectivity index (χ4n) is 6.52. The Bertz CT molecular complexity index is 2450. The number of anilines is 3. The molecule has 0 radical (unpaired) electrons. The van der Waals surface area contributed by atoms with E-state index in [1.54, 1.807) is 18.2 Å². The van der Waals surface area contributed by atoms with Crippen molar-refractivity contribution in [1.29, 1.82) is 0 Å². The Balaban J connectivity index is 1.01. The molecule has 0 spiro atoms. The highest BCUT2D eigenvalue weighted by Crippen LogP contribution is 2.36. The van der Waals surface area contributed by atoms with Gasteiger partial charge >= 0.3 is 17.9 Å². The van der Waals surface area contributed by atoms with Crippen LogP contribution in [0, 0.1) is 0 Å². The second kappa shape index (κ2) is 15.5. The number of carbonyl (C=O) groups is 3. The molecule has 0 aromatic heterocycles. The highest BCUT2D eigenvalue weighted by atomic mass is 16.6. The summed E-state index contributed by atoms with van der Waals surface area (Å²) >= 11 is 0. The maximum atomic E-state index is 12.6. The van der Waals surface area contributed by atoms with E-state index >= 15 is 0 Å². The number of ether oxygens (including phenoxy) is 3. The zero-order chi connectivity index (χ0) is 39.4. The van der Waals surface area contributed by atoms with Crippen LogP contribution in [0.1, 0.15) is 33.4 Å². The summed E-state index contributed by atoms with van der Waals surface area (Å²) in [5.74, 6) is -0.856. The third-order valence-corrected chi connectivity index (χ3v) is 9.30. The van der Waals surface area contributed by atoms with Gasteiger partial charge in [-0.25, -0.2) is 29.4 Å². The van der Waals surface area contributed by atoms with Crippen LogP contribution in [0.2, 0.25) is 0 Å². The maximum Gasteiger partial charge on any atom is 0.364 e. The molecule has 3 heterocycles. The Morgan fingerprint density at radius 1 is 0.345 bits per heavy atom. The zero-order valence-corrected chi connectivity index (χ0v) is 30.6. The smallest absolute Gasteiger partial charge is 0.364 e. The van der Waals surface area contributed by atoms with Gasteiger partial charge in [0.2, 0.25) is 17.6 Å². The lowest BCUT2D eigenvalue weighted by Gasteiger charge is -2.26. The van der Waals surface area contributed by atoms with Crippen molar-refractivity contribution in [3.63, 3.8) is 0 Å². The molecule has 0 bridgehead atoms. The minimum atomic E-state index is -0.498. The zero-order valence-electron chi connectivity index (χ0n) is 30.6. The van der Waals surface area contributed by atoms with Gasteiger partial charge in [-0.05, 0) is 53.1 Å². The Kier molecular flexibility index (Phi) is 9.47. The Labute approximate surface area is 332 Å². The molecular formula is C48H30N4O6. The number of hydrogen-bond donors (Lipinski definition) is 0. The van der Waals surface area contributed by atoms with Gasteiger partial charge in [-0.1, -0.05) is 127 Å². The normalized spacial score (nSPS) is 16.9. The molecule has 6 aromatic carbocycles. The molecule has 278 valence electrons. The van der Waals surface area contributed by atoms with Crippen molar-refractivity contribution in [2.24, 2.45) is 15.0 Å². The second-order valence-electron chi connectivity index (χ2n) is 13.2. The van der Waals surface area contributed by atoms with Crippen molar-refractivity contribution in [1.82, 2.24) is 0 Å². The van der Waals surface area contributed by atoms with Gasteiger partial charge in [0.15, 0.2) is 17.1 Å². The molecule has 0 aliphatic carbocycles. The minimum Gasteiger partial charge on any atom is -0.403 e. The molecule has 6 aromatic rings. The fraction of sp³-hybridized carbons (Fsp3) is 0. The molecule has 0 fully saturated rings. The van der Waals surface area contributed by atoms with Gasteiger partial charge in [0, 0.05) is 52.0 Å². The number of esters is 3. The van der Waals surface area contributed by atoms with E-state index in [1.807, 2.05) is 164 Å². The van der Waals surface area contributed by atoms with Crippen LogP contribution in [0.25, 0.3) is 18.2 Å². The standard InChI is InChI=1S/C48H30N4O6/c53-46-43(34-10-4-1-5-11-34)49-40(56-46)28-31-16-22-37(23-17-31)52(38-24-18-32(19-25-38)29-41-50-44(47(54)57-41)35-12-6-2-7-13-35)39-26-20-33(21-27-39)30-42-51-45(48(55)58-42)36-14-8-3-9-15-36/h1-30H/b40-28+,41-29+,42-30+. The van der Waals surface area contributed by atoms with E-state index < -0.39 is 17.9 Å². The van der Waals surface area contributed by atoms with Crippen LogP contribution in [0.4, 0.5) is 17.1 Å². The van der Waals surface area contributed by atoms with Crippen LogP contribution >= 0.6 is 0 Å². The molecule has 0 unspecified atom stereocenters. The van der Waals surface area contributed by atoms with Gasteiger partial charge in [-0.15, -0.1) is 0 Å². The number of aliphatic imine (C=N–C) groups is 3. The number of nitrogens with zero attached hydrogens (tertiary/aromatic N) is 4. The average molecular weight is 759 g/mol. The Hall–Kier alpha value is -8.24. The number of rotatable bonds is 9. The summed E-state index contributed by atoms with van der Waals surface area (Å²) in [5.41, 5.74) is 7.76. The van der Waals surface area contributed by atoms with Crippen LogP contribution in [0.5, 0.6) is 0 Å². The van der Waals surface area contributed by atoms with Crippen LogP contribution < -0.4 is 4.90 Å². The summed E-state index contributed by atoms with van der Waals surface area (Å²) < 4.78 is 16.4. The van der Waals surface area contributed by atoms with Crippen LogP contribution in [0.15, 0.2) is 196 Å². The molecule has 9 rings (SSSR count). The average Bonchev–Trinajstić information content (AvgIpc) is 3.95. The molecule has 0 saturated carbocycles. The van der Waals surface area contributed by atoms with Crippen LogP contribution in [-0.4, -0.2) is 35.0 Å². The maximum absolute atomic E-state index is 12.6. The summed E-state index contributed by atoms with van der Waals surface area (Å²) in [6.07, 6.45) is 5.15. The van der Waals surface area contributed by atoms with Gasteiger partial charge in [-0.3, -0.25) is 0 Å². The monoisotopic (exact) mass is 758 g/mol. The van der Waals surface area contributed by atoms with Crippen molar-refractivity contribution in [3.8, 4) is 0 Å². The molecule has 0 atom stereocenters. The first kappa shape index (κ1) is 35.5. The first-order valence-electron chi connectivity index (χ1n) is 18.3.